The van der Waals surface area contributed by atoms with Crippen LogP contribution in [0.5, 0.6) is 0 Å². The van der Waals surface area contributed by atoms with Crippen molar-refractivity contribution in [3.63, 3.8) is 0 Å². The summed E-state index contributed by atoms with van der Waals surface area (Å²) in [4.78, 5) is 27.1. The number of carbonyl (C=O) groups excluding carboxylic acids is 2. The average molecular weight is 621 g/mol. The first-order valence-electron chi connectivity index (χ1n) is 16.6. The van der Waals surface area contributed by atoms with Crippen molar-refractivity contribution in [3.05, 3.63) is 83.9 Å². The summed E-state index contributed by atoms with van der Waals surface area (Å²) in [6.07, 6.45) is 2.74. The van der Waals surface area contributed by atoms with Crippen LogP contribution in [0.2, 0.25) is 0 Å². The van der Waals surface area contributed by atoms with Gasteiger partial charge in [-0.15, -0.1) is 0 Å². The molecule has 0 radical (unpaired) electrons. The summed E-state index contributed by atoms with van der Waals surface area (Å²) in [6, 6.07) is 23.9. The number of carbonyl (C=O) groups is 2. The second kappa shape index (κ2) is 11.5. The second-order valence-corrected chi connectivity index (χ2v) is 16.1. The molecular weight excluding hydrogens is 572 g/mol. The molecule has 0 spiro atoms. The van der Waals surface area contributed by atoms with Gasteiger partial charge in [0.05, 0.1) is 11.1 Å². The number of nitrogens with one attached hydrogen (secondary N) is 2. The number of rotatable bonds is 5. The van der Waals surface area contributed by atoms with E-state index in [9.17, 15) is 9.59 Å². The Labute approximate surface area is 273 Å². The van der Waals surface area contributed by atoms with Crippen molar-refractivity contribution in [2.45, 2.75) is 115 Å². The lowest BCUT2D eigenvalue weighted by atomic mass is 9.81. The minimum Gasteiger partial charge on any atom is -0.459 e. The van der Waals surface area contributed by atoms with Gasteiger partial charge in [-0.3, -0.25) is 0 Å². The predicted molar refractivity (Wildman–Crippen MR) is 186 cm³/mol. The molecule has 2 aliphatic rings. The molecule has 4 aromatic rings. The zero-order valence-electron chi connectivity index (χ0n) is 28.5. The van der Waals surface area contributed by atoms with Crippen molar-refractivity contribution in [3.8, 4) is 11.1 Å². The van der Waals surface area contributed by atoms with Crippen molar-refractivity contribution in [1.29, 1.82) is 0 Å². The Morgan fingerprint density at radius 3 is 1.57 bits per heavy atom. The minimum absolute atomic E-state index is 0.114. The molecule has 0 saturated carbocycles. The SMILES string of the molecule is CC1(C)CC(OC(=O)c2cccc3cc(-c4cccc5c(C(=O)OC6CC(C)(C)NC(C)(C)C6)cccc45)ccc23)CC(C)(C)N1. The number of hydrogen-bond donors (Lipinski definition) is 2. The van der Waals surface area contributed by atoms with Crippen LogP contribution in [-0.4, -0.2) is 46.3 Å². The van der Waals surface area contributed by atoms with Gasteiger partial charge in [0.2, 0.25) is 0 Å². The molecule has 4 aromatic carbocycles. The van der Waals surface area contributed by atoms with E-state index in [1.807, 2.05) is 48.5 Å². The van der Waals surface area contributed by atoms with Crippen molar-refractivity contribution < 1.29 is 19.1 Å². The summed E-state index contributed by atoms with van der Waals surface area (Å²) >= 11 is 0. The third kappa shape index (κ3) is 6.84. The maximum Gasteiger partial charge on any atom is 0.339 e. The van der Waals surface area contributed by atoms with E-state index in [1.54, 1.807) is 0 Å². The summed E-state index contributed by atoms with van der Waals surface area (Å²) in [7, 11) is 0. The standard InChI is InChI=1S/C40H48N2O4/c1-37(2)21-27(22-38(3,4)41-37)45-35(43)33-16-9-12-25-20-26(18-19-30(25)33)29-13-10-15-32-31(29)14-11-17-34(32)36(44)46-28-23-39(5,6)42-40(7,8)24-28/h9-20,27-28,41-42H,21-24H2,1-8H3. The van der Waals surface area contributed by atoms with Gasteiger partial charge < -0.3 is 20.1 Å². The summed E-state index contributed by atoms with van der Waals surface area (Å²) in [5.74, 6) is -0.575. The van der Waals surface area contributed by atoms with E-state index in [0.29, 0.717) is 11.1 Å². The number of ether oxygens (including phenoxy) is 2. The molecular formula is C40H48N2O4. The summed E-state index contributed by atoms with van der Waals surface area (Å²) in [5.41, 5.74) is 2.71. The van der Waals surface area contributed by atoms with Crippen molar-refractivity contribution in [2.75, 3.05) is 0 Å². The van der Waals surface area contributed by atoms with Gasteiger partial charge in [0.1, 0.15) is 12.2 Å². The molecule has 6 nitrogen and oxygen atoms in total. The zero-order chi connectivity index (χ0) is 33.1. The molecule has 0 bridgehead atoms. The summed E-state index contributed by atoms with van der Waals surface area (Å²) < 4.78 is 12.3. The monoisotopic (exact) mass is 620 g/mol. The molecule has 2 aliphatic heterocycles. The first kappa shape index (κ1) is 32.2. The normalized spacial score (nSPS) is 20.8. The topological polar surface area (TPSA) is 76.7 Å². The molecule has 2 N–H and O–H groups in total. The Bertz CT molecular complexity index is 1790. The fourth-order valence-corrected chi connectivity index (χ4v) is 8.42. The Morgan fingerprint density at radius 2 is 1.02 bits per heavy atom. The van der Waals surface area contributed by atoms with Crippen LogP contribution in [0.15, 0.2) is 72.8 Å². The Morgan fingerprint density at radius 1 is 0.565 bits per heavy atom. The van der Waals surface area contributed by atoms with E-state index in [-0.39, 0.29) is 46.3 Å². The number of fused-ring (bicyclic) bond motifs is 2. The summed E-state index contributed by atoms with van der Waals surface area (Å²) in [5, 5.41) is 11.0. The smallest absolute Gasteiger partial charge is 0.339 e. The van der Waals surface area contributed by atoms with Crippen molar-refractivity contribution >= 4 is 33.5 Å². The van der Waals surface area contributed by atoms with Gasteiger partial charge in [0, 0.05) is 47.8 Å². The number of piperidine rings is 2. The van der Waals surface area contributed by atoms with Gasteiger partial charge in [-0.25, -0.2) is 9.59 Å². The highest BCUT2D eigenvalue weighted by atomic mass is 16.5. The van der Waals surface area contributed by atoms with Gasteiger partial charge in [-0.05, 0) is 106 Å². The molecule has 0 atom stereocenters. The highest BCUT2D eigenvalue weighted by molar-refractivity contribution is 6.10. The molecule has 6 rings (SSSR count). The van der Waals surface area contributed by atoms with Crippen LogP contribution >= 0.6 is 0 Å². The highest BCUT2D eigenvalue weighted by Crippen LogP contribution is 2.36. The third-order valence-corrected chi connectivity index (χ3v) is 9.41. The van der Waals surface area contributed by atoms with E-state index in [1.165, 1.54) is 0 Å². The van der Waals surface area contributed by atoms with Gasteiger partial charge in [-0.1, -0.05) is 54.6 Å². The van der Waals surface area contributed by atoms with Crippen LogP contribution in [0.4, 0.5) is 0 Å². The maximum absolute atomic E-state index is 13.6. The van der Waals surface area contributed by atoms with E-state index in [2.05, 4.69) is 90.3 Å². The van der Waals surface area contributed by atoms with Crippen LogP contribution in [0.1, 0.15) is 102 Å². The van der Waals surface area contributed by atoms with Crippen LogP contribution in [0.25, 0.3) is 32.7 Å². The number of benzene rings is 4. The quantitative estimate of drug-likeness (QED) is 0.218. The third-order valence-electron chi connectivity index (χ3n) is 9.41. The van der Waals surface area contributed by atoms with Gasteiger partial charge in [-0.2, -0.15) is 0 Å². The van der Waals surface area contributed by atoms with Crippen LogP contribution < -0.4 is 10.6 Å². The molecule has 242 valence electrons. The highest BCUT2D eigenvalue weighted by Gasteiger charge is 2.40. The van der Waals surface area contributed by atoms with Gasteiger partial charge >= 0.3 is 11.9 Å². The van der Waals surface area contributed by atoms with Crippen LogP contribution in [0.3, 0.4) is 0 Å². The van der Waals surface area contributed by atoms with E-state index >= 15 is 0 Å². The second-order valence-electron chi connectivity index (χ2n) is 16.1. The average Bonchev–Trinajstić information content (AvgIpc) is 2.92. The Hall–Kier alpha value is -3.74. The van der Waals surface area contributed by atoms with Crippen LogP contribution in [0, 0.1) is 0 Å². The van der Waals surface area contributed by atoms with Crippen molar-refractivity contribution in [2.24, 2.45) is 0 Å². The van der Waals surface area contributed by atoms with E-state index < -0.39 is 0 Å². The first-order valence-corrected chi connectivity index (χ1v) is 16.6. The number of hydrogen-bond acceptors (Lipinski definition) is 6. The number of esters is 2. The Kier molecular flexibility index (Phi) is 8.05. The lowest BCUT2D eigenvalue weighted by Gasteiger charge is -2.45. The minimum atomic E-state index is -0.288. The summed E-state index contributed by atoms with van der Waals surface area (Å²) in [6.45, 7) is 17.3. The molecule has 2 saturated heterocycles. The molecule has 0 amide bonds. The lowest BCUT2D eigenvalue weighted by molar-refractivity contribution is -0.00748. The molecule has 0 unspecified atom stereocenters. The molecule has 0 aliphatic carbocycles. The van der Waals surface area contributed by atoms with Crippen molar-refractivity contribution in [1.82, 2.24) is 10.6 Å². The fraction of sp³-hybridized carbons (Fsp3) is 0.450. The largest absolute Gasteiger partial charge is 0.459 e. The maximum atomic E-state index is 13.6. The zero-order valence-corrected chi connectivity index (χ0v) is 28.5. The van der Waals surface area contributed by atoms with Gasteiger partial charge in [0.15, 0.2) is 0 Å². The van der Waals surface area contributed by atoms with Crippen LogP contribution in [-0.2, 0) is 9.47 Å². The fourth-order valence-electron chi connectivity index (χ4n) is 8.42. The molecule has 2 fully saturated rings. The predicted octanol–water partition coefficient (Wildman–Crippen LogP) is 8.59. The molecule has 0 aromatic heterocycles. The molecule has 2 heterocycles. The Balaban J connectivity index is 1.28. The molecule has 46 heavy (non-hydrogen) atoms. The molecule has 6 heteroatoms. The first-order chi connectivity index (χ1) is 21.5. The van der Waals surface area contributed by atoms with Gasteiger partial charge in [0.25, 0.3) is 0 Å². The lowest BCUT2D eigenvalue weighted by Crippen LogP contribution is -2.59. The van der Waals surface area contributed by atoms with E-state index in [0.717, 1.165) is 58.4 Å². The van der Waals surface area contributed by atoms with E-state index in [4.69, 9.17) is 9.47 Å².